The summed E-state index contributed by atoms with van der Waals surface area (Å²) in [5, 5.41) is 22.8. The van der Waals surface area contributed by atoms with Crippen LogP contribution in [-0.4, -0.2) is 35.2 Å². The molecule has 4 rings (SSSR count). The molecule has 0 radical (unpaired) electrons. The molecule has 0 bridgehead atoms. The van der Waals surface area contributed by atoms with Gasteiger partial charge >= 0.3 is 11.9 Å². The van der Waals surface area contributed by atoms with E-state index in [0.717, 1.165) is 31.5 Å². The lowest BCUT2D eigenvalue weighted by molar-refractivity contribution is 0.0696. The topological polar surface area (TPSA) is 120 Å². The fourth-order valence-electron chi connectivity index (χ4n) is 4.59. The average Bonchev–Trinajstić information content (AvgIpc) is 2.78. The number of benzene rings is 2. The van der Waals surface area contributed by atoms with E-state index in [1.54, 1.807) is 13.0 Å². The van der Waals surface area contributed by atoms with Gasteiger partial charge < -0.3 is 24.8 Å². The number of carboxylic acids is 2. The van der Waals surface area contributed by atoms with Gasteiger partial charge in [-0.05, 0) is 55.9 Å². The van der Waals surface area contributed by atoms with Gasteiger partial charge in [0.05, 0.1) is 28.2 Å². The highest BCUT2D eigenvalue weighted by Gasteiger charge is 2.28. The van der Waals surface area contributed by atoms with E-state index in [9.17, 15) is 24.6 Å². The Bertz CT molecular complexity index is 1330. The van der Waals surface area contributed by atoms with Gasteiger partial charge in [0.2, 0.25) is 0 Å². The molecule has 1 saturated heterocycles. The number of fused-ring (bicyclic) bond motifs is 1. The van der Waals surface area contributed by atoms with E-state index in [-0.39, 0.29) is 27.7 Å². The number of aryl methyl sites for hydroxylation is 1. The fraction of sp³-hybridized carbons (Fsp3) is 0.370. The molecule has 1 aliphatic rings. The van der Waals surface area contributed by atoms with Crippen LogP contribution >= 0.6 is 0 Å². The molecule has 1 atom stereocenters. The van der Waals surface area contributed by atoms with E-state index in [0.29, 0.717) is 22.4 Å². The molecule has 3 aromatic rings. The highest BCUT2D eigenvalue weighted by atomic mass is 16.4. The van der Waals surface area contributed by atoms with Gasteiger partial charge in [0.15, 0.2) is 11.3 Å². The Balaban J connectivity index is 1.80. The first-order valence-electron chi connectivity index (χ1n) is 11.7. The highest BCUT2D eigenvalue weighted by molar-refractivity contribution is 6.03. The van der Waals surface area contributed by atoms with Crippen LogP contribution < -0.4 is 15.6 Å². The van der Waals surface area contributed by atoms with Crippen LogP contribution in [0.15, 0.2) is 45.6 Å². The predicted molar refractivity (Wildman–Crippen MR) is 135 cm³/mol. The Morgan fingerprint density at radius 3 is 2.23 bits per heavy atom. The Morgan fingerprint density at radius 1 is 1.06 bits per heavy atom. The molecule has 2 aromatic carbocycles. The zero-order chi connectivity index (χ0) is 25.5. The number of hydrogen-bond acceptors (Lipinski definition) is 6. The maximum Gasteiger partial charge on any atom is 0.337 e. The molecule has 3 N–H and O–H groups in total. The van der Waals surface area contributed by atoms with Crippen molar-refractivity contribution in [1.29, 1.82) is 0 Å². The molecule has 184 valence electrons. The van der Waals surface area contributed by atoms with E-state index in [2.05, 4.69) is 24.1 Å². The summed E-state index contributed by atoms with van der Waals surface area (Å²) in [6.45, 7) is 9.68. The van der Waals surface area contributed by atoms with Crippen LogP contribution in [0.5, 0.6) is 0 Å². The van der Waals surface area contributed by atoms with Crippen LogP contribution in [0.25, 0.3) is 11.0 Å². The van der Waals surface area contributed by atoms with Crippen molar-refractivity contribution >= 4 is 34.5 Å². The van der Waals surface area contributed by atoms with Crippen molar-refractivity contribution < 1.29 is 24.2 Å². The summed E-state index contributed by atoms with van der Waals surface area (Å²) in [5.74, 6) is -1.97. The Hall–Kier alpha value is -3.81. The van der Waals surface area contributed by atoms with Crippen molar-refractivity contribution in [2.24, 2.45) is 5.41 Å². The quantitative estimate of drug-likeness (QED) is 0.437. The second-order valence-corrected chi connectivity index (χ2v) is 10.0. The summed E-state index contributed by atoms with van der Waals surface area (Å²) in [7, 11) is 0. The summed E-state index contributed by atoms with van der Waals surface area (Å²) >= 11 is 0. The SMILES string of the molecule is Cc1cc([C@@H](C)Nc2c(C(=O)O)cccc2C(=O)O)c2oc(N3CCC(C)(C)CC3)cc(=O)c2c1. The molecule has 0 spiro atoms. The normalized spacial score (nSPS) is 16.2. The standard InChI is InChI=1S/C27H30N2O6/c1-15-12-19(16(2)28-23-17(25(31)32)6-5-7-18(23)26(33)34)24-20(13-15)21(30)14-22(35-24)29-10-8-27(3,4)9-11-29/h5-7,12-14,16,28H,8-11H2,1-4H3,(H,31,32)(H,33,34)/t16-/m1/s1. The number of hydrogen-bond donors (Lipinski definition) is 3. The summed E-state index contributed by atoms with van der Waals surface area (Å²) in [5.41, 5.74) is 1.70. The molecule has 8 nitrogen and oxygen atoms in total. The first-order valence-corrected chi connectivity index (χ1v) is 11.7. The molecule has 0 unspecified atom stereocenters. The van der Waals surface area contributed by atoms with E-state index in [1.807, 2.05) is 13.0 Å². The number of carboxylic acid groups (broad SMARTS) is 2. The fourth-order valence-corrected chi connectivity index (χ4v) is 4.59. The van der Waals surface area contributed by atoms with Gasteiger partial charge in [0.25, 0.3) is 0 Å². The van der Waals surface area contributed by atoms with Crippen molar-refractivity contribution in [3.8, 4) is 0 Å². The van der Waals surface area contributed by atoms with Crippen molar-refractivity contribution in [3.05, 3.63) is 68.9 Å². The van der Waals surface area contributed by atoms with Gasteiger partial charge in [0, 0.05) is 24.7 Å². The molecular formula is C27H30N2O6. The largest absolute Gasteiger partial charge is 0.478 e. The number of para-hydroxylation sites is 1. The van der Waals surface area contributed by atoms with Gasteiger partial charge in [-0.3, -0.25) is 4.79 Å². The number of nitrogens with zero attached hydrogens (tertiary/aromatic N) is 1. The van der Waals surface area contributed by atoms with Crippen LogP contribution in [-0.2, 0) is 0 Å². The molecule has 1 aromatic heterocycles. The molecule has 2 heterocycles. The Kier molecular flexibility index (Phi) is 6.32. The molecule has 35 heavy (non-hydrogen) atoms. The van der Waals surface area contributed by atoms with Crippen LogP contribution in [0.2, 0.25) is 0 Å². The second-order valence-electron chi connectivity index (χ2n) is 10.0. The molecule has 0 aliphatic carbocycles. The van der Waals surface area contributed by atoms with Gasteiger partial charge in [-0.1, -0.05) is 26.0 Å². The minimum atomic E-state index is -1.24. The van der Waals surface area contributed by atoms with E-state index < -0.39 is 18.0 Å². The summed E-state index contributed by atoms with van der Waals surface area (Å²) in [6, 6.07) is 8.74. The smallest absolute Gasteiger partial charge is 0.337 e. The average molecular weight is 479 g/mol. The van der Waals surface area contributed by atoms with Crippen molar-refractivity contribution in [2.45, 2.75) is 46.6 Å². The minimum absolute atomic E-state index is 0.00594. The Labute approximate surface area is 203 Å². The van der Waals surface area contributed by atoms with Gasteiger partial charge in [0.1, 0.15) is 5.58 Å². The second kappa shape index (κ2) is 9.09. The van der Waals surface area contributed by atoms with Crippen molar-refractivity contribution in [3.63, 3.8) is 0 Å². The molecule has 0 saturated carbocycles. The summed E-state index contributed by atoms with van der Waals surface area (Å²) in [4.78, 5) is 38.7. The lowest BCUT2D eigenvalue weighted by Crippen LogP contribution is -2.37. The first-order chi connectivity index (χ1) is 16.5. The van der Waals surface area contributed by atoms with Crippen LogP contribution in [0.4, 0.5) is 11.6 Å². The summed E-state index contributed by atoms with van der Waals surface area (Å²) < 4.78 is 6.30. The van der Waals surface area contributed by atoms with E-state index >= 15 is 0 Å². The van der Waals surface area contributed by atoms with Crippen LogP contribution in [0.1, 0.15) is 71.5 Å². The predicted octanol–water partition coefficient (Wildman–Crippen LogP) is 5.30. The minimum Gasteiger partial charge on any atom is -0.478 e. The van der Waals surface area contributed by atoms with Crippen molar-refractivity contribution in [2.75, 3.05) is 23.3 Å². The van der Waals surface area contributed by atoms with Gasteiger partial charge in [-0.15, -0.1) is 0 Å². The van der Waals surface area contributed by atoms with E-state index in [4.69, 9.17) is 4.42 Å². The Morgan fingerprint density at radius 2 is 1.66 bits per heavy atom. The number of piperidine rings is 1. The number of carbonyl (C=O) groups is 2. The molecular weight excluding hydrogens is 448 g/mol. The first kappa shape index (κ1) is 24.3. The van der Waals surface area contributed by atoms with Gasteiger partial charge in [-0.25, -0.2) is 9.59 Å². The molecule has 1 aliphatic heterocycles. The third-order valence-electron chi connectivity index (χ3n) is 6.77. The number of aromatic carboxylic acids is 2. The lowest BCUT2D eigenvalue weighted by atomic mass is 9.83. The summed E-state index contributed by atoms with van der Waals surface area (Å²) in [6.07, 6.45) is 1.97. The van der Waals surface area contributed by atoms with E-state index in [1.165, 1.54) is 24.3 Å². The monoisotopic (exact) mass is 478 g/mol. The zero-order valence-electron chi connectivity index (χ0n) is 20.3. The number of rotatable bonds is 6. The molecule has 0 amide bonds. The van der Waals surface area contributed by atoms with Crippen LogP contribution in [0, 0.1) is 12.3 Å². The molecule has 8 heteroatoms. The maximum absolute atomic E-state index is 13.1. The lowest BCUT2D eigenvalue weighted by Gasteiger charge is -2.37. The zero-order valence-corrected chi connectivity index (χ0v) is 20.3. The third kappa shape index (κ3) is 4.87. The third-order valence-corrected chi connectivity index (χ3v) is 6.77. The van der Waals surface area contributed by atoms with Crippen molar-refractivity contribution in [1.82, 2.24) is 0 Å². The highest BCUT2D eigenvalue weighted by Crippen LogP contribution is 2.35. The number of anilines is 2. The van der Waals surface area contributed by atoms with Gasteiger partial charge in [-0.2, -0.15) is 0 Å². The maximum atomic E-state index is 13.1. The molecule has 1 fully saturated rings. The number of nitrogens with one attached hydrogen (secondary N) is 1. The van der Waals surface area contributed by atoms with Crippen LogP contribution in [0.3, 0.4) is 0 Å².